The van der Waals surface area contributed by atoms with E-state index >= 15 is 0 Å². The van der Waals surface area contributed by atoms with Crippen LogP contribution in [0.25, 0.3) is 0 Å². The fourth-order valence-corrected chi connectivity index (χ4v) is 1.56. The van der Waals surface area contributed by atoms with Gasteiger partial charge in [0.25, 0.3) is 5.69 Å². The van der Waals surface area contributed by atoms with Gasteiger partial charge in [-0.25, -0.2) is 0 Å². The SMILES string of the molecule is CC#CCCNCc1cccc([N+](=O)[O-])c1C. The molecule has 0 saturated heterocycles. The summed E-state index contributed by atoms with van der Waals surface area (Å²) in [7, 11) is 0. The van der Waals surface area contributed by atoms with Gasteiger partial charge in [-0.15, -0.1) is 11.8 Å². The molecule has 0 aliphatic heterocycles. The number of rotatable bonds is 5. The Morgan fingerprint density at radius 3 is 2.88 bits per heavy atom. The van der Waals surface area contributed by atoms with Crippen molar-refractivity contribution < 1.29 is 4.92 Å². The topological polar surface area (TPSA) is 55.2 Å². The number of nitro groups is 1. The summed E-state index contributed by atoms with van der Waals surface area (Å²) in [5, 5.41) is 14.0. The highest BCUT2D eigenvalue weighted by molar-refractivity contribution is 5.44. The zero-order valence-corrected chi connectivity index (χ0v) is 10.1. The highest BCUT2D eigenvalue weighted by Crippen LogP contribution is 2.20. The van der Waals surface area contributed by atoms with Gasteiger partial charge in [0.15, 0.2) is 0 Å². The first-order chi connectivity index (χ1) is 8.16. The van der Waals surface area contributed by atoms with Crippen molar-refractivity contribution in [3.63, 3.8) is 0 Å². The first kappa shape index (κ1) is 13.2. The van der Waals surface area contributed by atoms with Gasteiger partial charge in [0, 0.05) is 31.1 Å². The highest BCUT2D eigenvalue weighted by atomic mass is 16.6. The molecule has 4 nitrogen and oxygen atoms in total. The van der Waals surface area contributed by atoms with E-state index in [0.717, 1.165) is 24.1 Å². The molecule has 0 radical (unpaired) electrons. The monoisotopic (exact) mass is 232 g/mol. The second-order valence-electron chi connectivity index (χ2n) is 3.67. The van der Waals surface area contributed by atoms with Crippen LogP contribution in [0.4, 0.5) is 5.69 Å². The normalized spacial score (nSPS) is 9.53. The van der Waals surface area contributed by atoms with Crippen LogP contribution in [-0.2, 0) is 6.54 Å². The summed E-state index contributed by atoms with van der Waals surface area (Å²) in [6.07, 6.45) is 0.796. The van der Waals surface area contributed by atoms with Crippen molar-refractivity contribution in [1.29, 1.82) is 0 Å². The molecule has 0 heterocycles. The lowest BCUT2D eigenvalue weighted by atomic mass is 10.1. The molecule has 1 N–H and O–H groups in total. The van der Waals surface area contributed by atoms with Crippen LogP contribution in [0, 0.1) is 28.9 Å². The number of nitrogens with one attached hydrogen (secondary N) is 1. The lowest BCUT2D eigenvalue weighted by Gasteiger charge is -2.06. The molecule has 1 rings (SSSR count). The maximum atomic E-state index is 10.8. The zero-order valence-electron chi connectivity index (χ0n) is 10.1. The van der Waals surface area contributed by atoms with E-state index in [1.165, 1.54) is 6.07 Å². The van der Waals surface area contributed by atoms with Gasteiger partial charge in [-0.05, 0) is 19.4 Å². The summed E-state index contributed by atoms with van der Waals surface area (Å²) in [4.78, 5) is 10.4. The molecule has 0 spiro atoms. The highest BCUT2D eigenvalue weighted by Gasteiger charge is 2.12. The molecule has 0 amide bonds. The third-order valence-corrected chi connectivity index (χ3v) is 2.53. The van der Waals surface area contributed by atoms with E-state index < -0.39 is 0 Å². The van der Waals surface area contributed by atoms with Gasteiger partial charge < -0.3 is 5.32 Å². The second kappa shape index (κ2) is 6.66. The Bertz CT molecular complexity index is 458. The van der Waals surface area contributed by atoms with Crippen molar-refractivity contribution in [2.24, 2.45) is 0 Å². The third kappa shape index (κ3) is 3.89. The zero-order chi connectivity index (χ0) is 12.7. The van der Waals surface area contributed by atoms with Gasteiger partial charge in [-0.3, -0.25) is 10.1 Å². The summed E-state index contributed by atoms with van der Waals surface area (Å²) < 4.78 is 0. The minimum absolute atomic E-state index is 0.178. The van der Waals surface area contributed by atoms with Gasteiger partial charge >= 0.3 is 0 Å². The van der Waals surface area contributed by atoms with Crippen molar-refractivity contribution in [1.82, 2.24) is 5.32 Å². The lowest BCUT2D eigenvalue weighted by molar-refractivity contribution is -0.385. The first-order valence-electron chi connectivity index (χ1n) is 5.50. The van der Waals surface area contributed by atoms with Crippen molar-refractivity contribution >= 4 is 5.69 Å². The number of nitro benzene ring substituents is 1. The number of benzene rings is 1. The molecule has 0 saturated carbocycles. The Kier molecular flexibility index (Phi) is 5.18. The van der Waals surface area contributed by atoms with E-state index in [4.69, 9.17) is 0 Å². The summed E-state index contributed by atoms with van der Waals surface area (Å²) in [5.74, 6) is 5.78. The van der Waals surface area contributed by atoms with E-state index in [2.05, 4.69) is 17.2 Å². The Morgan fingerprint density at radius 1 is 1.47 bits per heavy atom. The predicted molar refractivity (Wildman–Crippen MR) is 67.6 cm³/mol. The fourth-order valence-electron chi connectivity index (χ4n) is 1.56. The van der Waals surface area contributed by atoms with Gasteiger partial charge in [0.1, 0.15) is 0 Å². The Hall–Kier alpha value is -1.86. The van der Waals surface area contributed by atoms with Crippen LogP contribution >= 0.6 is 0 Å². The van der Waals surface area contributed by atoms with Crippen molar-refractivity contribution in [3.8, 4) is 11.8 Å². The maximum Gasteiger partial charge on any atom is 0.272 e. The molecule has 1 aromatic carbocycles. The maximum absolute atomic E-state index is 10.8. The minimum atomic E-state index is -0.346. The van der Waals surface area contributed by atoms with Crippen LogP contribution in [-0.4, -0.2) is 11.5 Å². The van der Waals surface area contributed by atoms with Gasteiger partial charge in [0.2, 0.25) is 0 Å². The van der Waals surface area contributed by atoms with Crippen LogP contribution < -0.4 is 5.32 Å². The summed E-state index contributed by atoms with van der Waals surface area (Å²) in [6.45, 7) is 5.02. The van der Waals surface area contributed by atoms with Crippen LogP contribution in [0.5, 0.6) is 0 Å². The number of nitrogens with zero attached hydrogens (tertiary/aromatic N) is 1. The summed E-state index contributed by atoms with van der Waals surface area (Å²) in [6, 6.07) is 5.15. The Morgan fingerprint density at radius 2 is 2.24 bits per heavy atom. The molecular weight excluding hydrogens is 216 g/mol. The summed E-state index contributed by atoms with van der Waals surface area (Å²) in [5.41, 5.74) is 1.87. The average Bonchev–Trinajstić information content (AvgIpc) is 2.30. The van der Waals surface area contributed by atoms with E-state index in [9.17, 15) is 10.1 Å². The van der Waals surface area contributed by atoms with E-state index in [1.54, 1.807) is 13.0 Å². The summed E-state index contributed by atoms with van der Waals surface area (Å²) >= 11 is 0. The molecule has 0 aliphatic rings. The van der Waals surface area contributed by atoms with Crippen LogP contribution in [0.2, 0.25) is 0 Å². The Labute approximate surface area is 101 Å². The van der Waals surface area contributed by atoms with Gasteiger partial charge in [-0.2, -0.15) is 0 Å². The average molecular weight is 232 g/mol. The predicted octanol–water partition coefficient (Wildman–Crippen LogP) is 2.41. The molecule has 4 heteroatoms. The van der Waals surface area contributed by atoms with Crippen molar-refractivity contribution in [2.45, 2.75) is 26.8 Å². The van der Waals surface area contributed by atoms with E-state index in [0.29, 0.717) is 6.54 Å². The molecule has 90 valence electrons. The lowest BCUT2D eigenvalue weighted by Crippen LogP contribution is -2.15. The van der Waals surface area contributed by atoms with Crippen molar-refractivity contribution in [2.75, 3.05) is 6.54 Å². The second-order valence-corrected chi connectivity index (χ2v) is 3.67. The third-order valence-electron chi connectivity index (χ3n) is 2.53. The largest absolute Gasteiger partial charge is 0.312 e. The Balaban J connectivity index is 2.61. The molecular formula is C13H16N2O2. The number of hydrogen-bond acceptors (Lipinski definition) is 3. The van der Waals surface area contributed by atoms with Crippen LogP contribution in [0.15, 0.2) is 18.2 Å². The molecule has 0 fully saturated rings. The molecule has 1 aromatic rings. The molecule has 0 aromatic heterocycles. The molecule has 17 heavy (non-hydrogen) atoms. The van der Waals surface area contributed by atoms with E-state index in [-0.39, 0.29) is 10.6 Å². The van der Waals surface area contributed by atoms with Crippen LogP contribution in [0.1, 0.15) is 24.5 Å². The smallest absolute Gasteiger partial charge is 0.272 e. The molecule has 0 bridgehead atoms. The number of hydrogen-bond donors (Lipinski definition) is 1. The minimum Gasteiger partial charge on any atom is -0.312 e. The quantitative estimate of drug-likeness (QED) is 0.367. The molecule has 0 unspecified atom stereocenters. The van der Waals surface area contributed by atoms with Crippen LogP contribution in [0.3, 0.4) is 0 Å². The standard InChI is InChI=1S/C13H16N2O2/c1-3-4-5-9-14-10-12-7-6-8-13(11(12)2)15(16)17/h6-8,14H,5,9-10H2,1-2H3. The first-order valence-corrected chi connectivity index (χ1v) is 5.50. The molecule has 0 aliphatic carbocycles. The molecule has 0 atom stereocenters. The van der Waals surface area contributed by atoms with Gasteiger partial charge in [0.05, 0.1) is 4.92 Å². The van der Waals surface area contributed by atoms with Crippen molar-refractivity contribution in [3.05, 3.63) is 39.4 Å². The fraction of sp³-hybridized carbons (Fsp3) is 0.385. The van der Waals surface area contributed by atoms with Gasteiger partial charge in [-0.1, -0.05) is 12.1 Å². The van der Waals surface area contributed by atoms with E-state index in [1.807, 2.05) is 13.0 Å².